The highest BCUT2D eigenvalue weighted by molar-refractivity contribution is 6.35. The molecule has 25 heavy (non-hydrogen) atoms. The Balaban J connectivity index is 1.72. The van der Waals surface area contributed by atoms with Crippen LogP contribution in [0.3, 0.4) is 0 Å². The molecule has 2 aromatic rings. The molecule has 0 fully saturated rings. The van der Waals surface area contributed by atoms with Gasteiger partial charge in [-0.1, -0.05) is 35.3 Å². The van der Waals surface area contributed by atoms with E-state index >= 15 is 0 Å². The summed E-state index contributed by atoms with van der Waals surface area (Å²) >= 11 is 11.9. The van der Waals surface area contributed by atoms with E-state index in [0.717, 1.165) is 16.8 Å². The van der Waals surface area contributed by atoms with Gasteiger partial charge in [0.25, 0.3) is 0 Å². The Morgan fingerprint density at radius 3 is 2.40 bits per heavy atom. The summed E-state index contributed by atoms with van der Waals surface area (Å²) in [6.45, 7) is 1.92. The van der Waals surface area contributed by atoms with Crippen molar-refractivity contribution in [1.29, 1.82) is 0 Å². The van der Waals surface area contributed by atoms with Crippen molar-refractivity contribution in [2.24, 2.45) is 10.7 Å². The van der Waals surface area contributed by atoms with Crippen molar-refractivity contribution in [3.8, 4) is 0 Å². The van der Waals surface area contributed by atoms with Crippen LogP contribution in [0.25, 0.3) is 5.57 Å². The van der Waals surface area contributed by atoms with E-state index in [9.17, 15) is 4.79 Å². The van der Waals surface area contributed by atoms with E-state index in [0.29, 0.717) is 33.7 Å². The quantitative estimate of drug-likeness (QED) is 0.695. The topological polar surface area (TPSA) is 79.5 Å². The lowest BCUT2D eigenvalue weighted by molar-refractivity contribution is 0.262. The van der Waals surface area contributed by atoms with E-state index < -0.39 is 0 Å². The third-order valence-electron chi connectivity index (χ3n) is 3.70. The van der Waals surface area contributed by atoms with Crippen molar-refractivity contribution < 1.29 is 4.79 Å². The SMILES string of the molecule is CC1=C(c2cccc(NC(=O)Nc3cc(Cl)cc(Cl)c3)c2)CC(N)=N1. The first-order valence-electron chi connectivity index (χ1n) is 7.58. The highest BCUT2D eigenvalue weighted by Gasteiger charge is 2.15. The van der Waals surface area contributed by atoms with Gasteiger partial charge in [-0.2, -0.15) is 0 Å². The second-order valence-electron chi connectivity index (χ2n) is 5.66. The molecular weight excluding hydrogens is 359 g/mol. The summed E-state index contributed by atoms with van der Waals surface area (Å²) in [7, 11) is 0. The largest absolute Gasteiger partial charge is 0.387 e. The maximum absolute atomic E-state index is 12.2. The third-order valence-corrected chi connectivity index (χ3v) is 4.13. The van der Waals surface area contributed by atoms with Crippen LogP contribution in [0.4, 0.5) is 16.2 Å². The number of hydrogen-bond donors (Lipinski definition) is 3. The maximum atomic E-state index is 12.2. The van der Waals surface area contributed by atoms with Crippen LogP contribution < -0.4 is 16.4 Å². The first-order chi connectivity index (χ1) is 11.9. The number of anilines is 2. The molecule has 0 unspecified atom stereocenters. The van der Waals surface area contributed by atoms with E-state index in [1.165, 1.54) is 0 Å². The number of urea groups is 1. The Labute approximate surface area is 155 Å². The number of rotatable bonds is 3. The van der Waals surface area contributed by atoms with Crippen LogP contribution in [0.5, 0.6) is 0 Å². The zero-order valence-corrected chi connectivity index (χ0v) is 14.9. The van der Waals surface area contributed by atoms with Gasteiger partial charge < -0.3 is 16.4 Å². The number of amides is 2. The van der Waals surface area contributed by atoms with E-state index in [-0.39, 0.29) is 6.03 Å². The van der Waals surface area contributed by atoms with E-state index in [1.807, 2.05) is 31.2 Å². The van der Waals surface area contributed by atoms with Crippen LogP contribution in [-0.2, 0) is 0 Å². The molecular formula is C18H16Cl2N4O. The highest BCUT2D eigenvalue weighted by Crippen LogP contribution is 2.29. The fourth-order valence-corrected chi connectivity index (χ4v) is 3.17. The molecule has 4 N–H and O–H groups in total. The molecule has 0 saturated carbocycles. The number of nitrogens with zero attached hydrogens (tertiary/aromatic N) is 1. The number of nitrogens with one attached hydrogen (secondary N) is 2. The van der Waals surface area contributed by atoms with Crippen molar-refractivity contribution in [3.05, 3.63) is 63.8 Å². The van der Waals surface area contributed by atoms with Crippen LogP contribution in [0.15, 0.2) is 53.2 Å². The van der Waals surface area contributed by atoms with Crippen molar-refractivity contribution in [1.82, 2.24) is 0 Å². The van der Waals surface area contributed by atoms with Gasteiger partial charge in [0.15, 0.2) is 0 Å². The number of hydrogen-bond acceptors (Lipinski definition) is 3. The molecule has 0 saturated heterocycles. The summed E-state index contributed by atoms with van der Waals surface area (Å²) in [6, 6.07) is 12.0. The normalized spacial score (nSPS) is 13.6. The van der Waals surface area contributed by atoms with Gasteiger partial charge in [0.1, 0.15) is 5.84 Å². The molecule has 0 atom stereocenters. The monoisotopic (exact) mass is 374 g/mol. The second-order valence-corrected chi connectivity index (χ2v) is 6.53. The Kier molecular flexibility index (Phi) is 4.97. The number of carbonyl (C=O) groups is 1. The van der Waals surface area contributed by atoms with Gasteiger partial charge in [0.2, 0.25) is 0 Å². The van der Waals surface area contributed by atoms with Crippen LogP contribution in [0.2, 0.25) is 10.0 Å². The van der Waals surface area contributed by atoms with Crippen LogP contribution in [0, 0.1) is 0 Å². The second kappa shape index (κ2) is 7.17. The average Bonchev–Trinajstić information content (AvgIpc) is 2.85. The van der Waals surface area contributed by atoms with Gasteiger partial charge in [-0.05, 0) is 48.4 Å². The maximum Gasteiger partial charge on any atom is 0.323 e. The fraction of sp³-hybridized carbons (Fsp3) is 0.111. The summed E-state index contributed by atoms with van der Waals surface area (Å²) < 4.78 is 0. The Hall–Kier alpha value is -2.50. The molecule has 7 heteroatoms. The molecule has 1 aliphatic rings. The van der Waals surface area contributed by atoms with Gasteiger partial charge in [-0.15, -0.1) is 0 Å². The predicted octanol–water partition coefficient (Wildman–Crippen LogP) is 5.13. The molecule has 2 amide bonds. The molecule has 0 radical (unpaired) electrons. The smallest absolute Gasteiger partial charge is 0.323 e. The number of allylic oxidation sites excluding steroid dienone is 1. The first kappa shape index (κ1) is 17.3. The molecule has 0 spiro atoms. The molecule has 1 aliphatic heterocycles. The van der Waals surface area contributed by atoms with E-state index in [1.54, 1.807) is 18.2 Å². The van der Waals surface area contributed by atoms with Crippen LogP contribution in [-0.4, -0.2) is 11.9 Å². The van der Waals surface area contributed by atoms with Gasteiger partial charge in [-0.25, -0.2) is 9.79 Å². The summed E-state index contributed by atoms with van der Waals surface area (Å²) in [5, 5.41) is 6.40. The molecule has 2 aromatic carbocycles. The highest BCUT2D eigenvalue weighted by atomic mass is 35.5. The van der Waals surface area contributed by atoms with Crippen molar-refractivity contribution in [2.45, 2.75) is 13.3 Å². The summed E-state index contributed by atoms with van der Waals surface area (Å²) in [6.07, 6.45) is 0.614. The zero-order valence-electron chi connectivity index (χ0n) is 13.4. The zero-order chi connectivity index (χ0) is 18.0. The molecule has 1 heterocycles. The number of carbonyl (C=O) groups excluding carboxylic acids is 1. The fourth-order valence-electron chi connectivity index (χ4n) is 2.65. The number of halogens is 2. The molecule has 0 aliphatic carbocycles. The minimum atomic E-state index is -0.386. The minimum Gasteiger partial charge on any atom is -0.387 e. The van der Waals surface area contributed by atoms with Gasteiger partial charge in [0.05, 0.1) is 0 Å². The molecule has 3 rings (SSSR count). The number of nitrogens with two attached hydrogens (primary N) is 1. The van der Waals surface area contributed by atoms with Crippen LogP contribution in [0.1, 0.15) is 18.9 Å². The number of aliphatic imine (C=N–C) groups is 1. The van der Waals surface area contributed by atoms with Crippen molar-refractivity contribution in [2.75, 3.05) is 10.6 Å². The Bertz CT molecular complexity index is 885. The van der Waals surface area contributed by atoms with Crippen molar-refractivity contribution >= 4 is 52.0 Å². The first-order valence-corrected chi connectivity index (χ1v) is 8.33. The van der Waals surface area contributed by atoms with Gasteiger partial charge >= 0.3 is 6.03 Å². The lowest BCUT2D eigenvalue weighted by Gasteiger charge is -2.10. The molecule has 0 bridgehead atoms. The Morgan fingerprint density at radius 1 is 1.08 bits per heavy atom. The predicted molar refractivity (Wildman–Crippen MR) is 104 cm³/mol. The van der Waals surface area contributed by atoms with E-state index in [4.69, 9.17) is 28.9 Å². The number of benzene rings is 2. The minimum absolute atomic E-state index is 0.386. The number of amidine groups is 1. The Morgan fingerprint density at radius 2 is 1.76 bits per heavy atom. The lowest BCUT2D eigenvalue weighted by atomic mass is 10.0. The summed E-state index contributed by atoms with van der Waals surface area (Å²) in [5.74, 6) is 0.599. The van der Waals surface area contributed by atoms with Crippen molar-refractivity contribution in [3.63, 3.8) is 0 Å². The van der Waals surface area contributed by atoms with Gasteiger partial charge in [0, 0.05) is 33.5 Å². The molecule has 5 nitrogen and oxygen atoms in total. The third kappa shape index (κ3) is 4.32. The lowest BCUT2D eigenvalue weighted by Crippen LogP contribution is -2.19. The average molecular weight is 375 g/mol. The summed E-state index contributed by atoms with van der Waals surface area (Å²) in [5.41, 5.74) is 9.90. The van der Waals surface area contributed by atoms with Crippen LogP contribution >= 0.6 is 23.2 Å². The van der Waals surface area contributed by atoms with Gasteiger partial charge in [-0.3, -0.25) is 0 Å². The standard InChI is InChI=1S/C18H16Cl2N4O/c1-10-16(9-17(21)22-10)11-3-2-4-14(5-11)23-18(25)24-15-7-12(19)6-13(20)8-15/h2-8H,9H2,1H3,(H2,21,22)(H2,23,24,25). The van der Waals surface area contributed by atoms with E-state index in [2.05, 4.69) is 15.6 Å². The molecule has 128 valence electrons. The molecule has 0 aromatic heterocycles. The summed E-state index contributed by atoms with van der Waals surface area (Å²) in [4.78, 5) is 16.4.